The highest BCUT2D eigenvalue weighted by molar-refractivity contribution is 6.06. The van der Waals surface area contributed by atoms with Gasteiger partial charge in [0.1, 0.15) is 24.9 Å². The van der Waals surface area contributed by atoms with Crippen molar-refractivity contribution in [1.82, 2.24) is 15.0 Å². The van der Waals surface area contributed by atoms with Gasteiger partial charge in [-0.25, -0.2) is 15.0 Å². The number of furan rings is 1. The van der Waals surface area contributed by atoms with E-state index in [1.54, 1.807) is 11.2 Å². The minimum Gasteiger partial charge on any atom is -0.432 e. The molecule has 1 aliphatic carbocycles. The molecule has 0 spiro atoms. The van der Waals surface area contributed by atoms with E-state index in [0.29, 0.717) is 11.6 Å². The minimum atomic E-state index is 0.394. The average Bonchev–Trinajstić information content (AvgIpc) is 3.35. The Morgan fingerprint density at radius 1 is 1.14 bits per heavy atom. The van der Waals surface area contributed by atoms with Crippen LogP contribution in [0.1, 0.15) is 49.4 Å². The van der Waals surface area contributed by atoms with Crippen LogP contribution in [0.25, 0.3) is 22.2 Å². The third kappa shape index (κ3) is 3.46. The Bertz CT molecular complexity index is 1020. The molecule has 0 bridgehead atoms. The highest BCUT2D eigenvalue weighted by Gasteiger charge is 2.26. The molecule has 0 aromatic carbocycles. The van der Waals surface area contributed by atoms with Gasteiger partial charge < -0.3 is 19.4 Å². The van der Waals surface area contributed by atoms with Crippen molar-refractivity contribution in [3.63, 3.8) is 0 Å². The number of nitrogens with zero attached hydrogens (tertiary/aromatic N) is 3. The number of quaternary nitrogens is 1. The number of morpholine rings is 1. The van der Waals surface area contributed by atoms with E-state index >= 15 is 0 Å². The van der Waals surface area contributed by atoms with Gasteiger partial charge in [0.05, 0.1) is 30.8 Å². The van der Waals surface area contributed by atoms with Crippen molar-refractivity contribution < 1.29 is 14.1 Å². The second-order valence-electron chi connectivity index (χ2n) is 8.54. The first kappa shape index (κ1) is 18.8. The molecule has 7 nitrogen and oxygen atoms in total. The largest absolute Gasteiger partial charge is 0.432 e. The van der Waals surface area contributed by atoms with E-state index in [0.717, 1.165) is 81.0 Å². The summed E-state index contributed by atoms with van der Waals surface area (Å²) in [4.78, 5) is 15.6. The van der Waals surface area contributed by atoms with Crippen LogP contribution in [-0.4, -0.2) is 54.3 Å². The molecule has 2 aliphatic rings. The van der Waals surface area contributed by atoms with E-state index in [1.807, 2.05) is 0 Å². The number of hydrogen-bond donors (Lipinski definition) is 2. The van der Waals surface area contributed by atoms with Crippen molar-refractivity contribution in [2.24, 2.45) is 0 Å². The lowest BCUT2D eigenvalue weighted by atomic mass is 9.99. The van der Waals surface area contributed by atoms with Gasteiger partial charge in [-0.15, -0.1) is 0 Å². The van der Waals surface area contributed by atoms with Crippen molar-refractivity contribution in [3.05, 3.63) is 23.1 Å². The van der Waals surface area contributed by atoms with Crippen molar-refractivity contribution in [3.8, 4) is 0 Å². The summed E-state index contributed by atoms with van der Waals surface area (Å²) in [6, 6.07) is 0. The maximum absolute atomic E-state index is 6.23. The molecule has 29 heavy (non-hydrogen) atoms. The number of ether oxygens (including phenoxy) is 1. The van der Waals surface area contributed by atoms with Gasteiger partial charge in [0.2, 0.25) is 5.71 Å². The highest BCUT2D eigenvalue weighted by Crippen LogP contribution is 2.39. The summed E-state index contributed by atoms with van der Waals surface area (Å²) in [6.45, 7) is 10.4. The molecule has 5 rings (SSSR count). The maximum Gasteiger partial charge on any atom is 0.229 e. The number of hydrogen-bond acceptors (Lipinski definition) is 6. The van der Waals surface area contributed by atoms with E-state index in [1.165, 1.54) is 23.2 Å². The predicted molar refractivity (Wildman–Crippen MR) is 113 cm³/mol. The van der Waals surface area contributed by atoms with E-state index in [4.69, 9.17) is 14.1 Å². The molecule has 2 N–H and O–H groups in total. The molecule has 1 saturated heterocycles. The van der Waals surface area contributed by atoms with Crippen LogP contribution in [-0.2, 0) is 17.6 Å². The predicted octanol–water partition coefficient (Wildman–Crippen LogP) is 2.10. The van der Waals surface area contributed by atoms with E-state index in [2.05, 4.69) is 29.1 Å². The van der Waals surface area contributed by atoms with Crippen LogP contribution >= 0.6 is 0 Å². The minimum absolute atomic E-state index is 0.394. The Morgan fingerprint density at radius 2 is 1.97 bits per heavy atom. The number of anilines is 1. The van der Waals surface area contributed by atoms with Gasteiger partial charge in [0.15, 0.2) is 11.4 Å². The molecule has 154 valence electrons. The number of aryl methyl sites for hydroxylation is 1. The van der Waals surface area contributed by atoms with Crippen molar-refractivity contribution in [1.29, 1.82) is 0 Å². The normalized spacial score (nSPS) is 17.5. The first-order valence-electron chi connectivity index (χ1n) is 11.0. The summed E-state index contributed by atoms with van der Waals surface area (Å²) in [5.41, 5.74) is 6.33. The Kier molecular flexibility index (Phi) is 5.09. The first-order chi connectivity index (χ1) is 14.2. The van der Waals surface area contributed by atoms with Crippen molar-refractivity contribution in [2.45, 2.75) is 45.4 Å². The number of pyridine rings is 1. The summed E-state index contributed by atoms with van der Waals surface area (Å²) in [5.74, 6) is 1.17. The van der Waals surface area contributed by atoms with Gasteiger partial charge in [-0.2, -0.15) is 0 Å². The lowest BCUT2D eigenvalue weighted by Gasteiger charge is -2.23. The fourth-order valence-electron chi connectivity index (χ4n) is 4.79. The second kappa shape index (κ2) is 7.88. The molecular weight excluding hydrogens is 366 g/mol. The summed E-state index contributed by atoms with van der Waals surface area (Å²) in [5, 5.41) is 4.57. The Hall–Kier alpha value is -2.25. The molecule has 1 aliphatic heterocycles. The maximum atomic E-state index is 6.23. The lowest BCUT2D eigenvalue weighted by molar-refractivity contribution is -0.908. The van der Waals surface area contributed by atoms with Crippen LogP contribution in [0.2, 0.25) is 0 Å². The van der Waals surface area contributed by atoms with Gasteiger partial charge in [-0.1, -0.05) is 13.8 Å². The summed E-state index contributed by atoms with van der Waals surface area (Å²) in [7, 11) is 0. The van der Waals surface area contributed by atoms with Crippen LogP contribution in [0.4, 0.5) is 5.82 Å². The third-order valence-electron chi connectivity index (χ3n) is 6.25. The van der Waals surface area contributed by atoms with Crippen LogP contribution in [0.5, 0.6) is 0 Å². The zero-order valence-electron chi connectivity index (χ0n) is 17.4. The van der Waals surface area contributed by atoms with Gasteiger partial charge in [-0.3, -0.25) is 0 Å². The molecule has 3 aromatic rings. The van der Waals surface area contributed by atoms with Gasteiger partial charge in [0, 0.05) is 13.0 Å². The number of fused-ring (bicyclic) bond motifs is 5. The third-order valence-corrected chi connectivity index (χ3v) is 6.25. The zero-order chi connectivity index (χ0) is 19.8. The van der Waals surface area contributed by atoms with E-state index in [9.17, 15) is 0 Å². The quantitative estimate of drug-likeness (QED) is 0.622. The molecule has 4 heterocycles. The Labute approximate surface area is 170 Å². The first-order valence-corrected chi connectivity index (χ1v) is 11.0. The second-order valence-corrected chi connectivity index (χ2v) is 8.54. The molecule has 0 saturated carbocycles. The van der Waals surface area contributed by atoms with Crippen molar-refractivity contribution in [2.75, 3.05) is 44.7 Å². The molecule has 0 atom stereocenters. The SMILES string of the molecule is CC(C)c1nc2oc3c(NCCC[NH+]4CCOCC4)ncnc3c2c2c1CCC2. The van der Waals surface area contributed by atoms with Crippen molar-refractivity contribution >= 4 is 28.0 Å². The molecule has 1 fully saturated rings. The Balaban J connectivity index is 1.42. The standard InChI is InChI=1S/C22H29N5O2/c1-14(2)18-16-6-3-5-15(16)17-19-20(29-22(17)26-18)21(25-13-24-19)23-7-4-8-27-9-11-28-12-10-27/h13-14H,3-12H2,1-2H3,(H,23,24,25)/p+1. The Morgan fingerprint density at radius 3 is 2.79 bits per heavy atom. The summed E-state index contributed by atoms with van der Waals surface area (Å²) < 4.78 is 11.7. The van der Waals surface area contributed by atoms with Gasteiger partial charge in [-0.05, 0) is 36.3 Å². The monoisotopic (exact) mass is 396 g/mol. The van der Waals surface area contributed by atoms with Crippen LogP contribution in [0.15, 0.2) is 10.7 Å². The smallest absolute Gasteiger partial charge is 0.229 e. The van der Waals surface area contributed by atoms with Gasteiger partial charge in [0.25, 0.3) is 0 Å². The highest BCUT2D eigenvalue weighted by atomic mass is 16.5. The fourth-order valence-corrected chi connectivity index (χ4v) is 4.79. The van der Waals surface area contributed by atoms with Gasteiger partial charge >= 0.3 is 0 Å². The summed E-state index contributed by atoms with van der Waals surface area (Å²) in [6.07, 6.45) is 6.11. The average molecular weight is 397 g/mol. The topological polar surface area (TPSA) is 77.5 Å². The zero-order valence-corrected chi connectivity index (χ0v) is 17.4. The number of aromatic nitrogens is 3. The molecular formula is C22H30N5O2+. The molecule has 7 heteroatoms. The molecule has 0 amide bonds. The molecule has 0 radical (unpaired) electrons. The summed E-state index contributed by atoms with van der Waals surface area (Å²) >= 11 is 0. The lowest BCUT2D eigenvalue weighted by Crippen LogP contribution is -3.14. The van der Waals surface area contributed by atoms with Crippen LogP contribution in [0, 0.1) is 0 Å². The fraction of sp³-hybridized carbons (Fsp3) is 0.591. The van der Waals surface area contributed by atoms with E-state index in [-0.39, 0.29) is 0 Å². The molecule has 0 unspecified atom stereocenters. The van der Waals surface area contributed by atoms with Crippen LogP contribution < -0.4 is 10.2 Å². The van der Waals surface area contributed by atoms with Crippen LogP contribution in [0.3, 0.4) is 0 Å². The number of nitrogens with one attached hydrogen (secondary N) is 2. The number of rotatable bonds is 6. The van der Waals surface area contributed by atoms with E-state index < -0.39 is 0 Å². The molecule has 3 aromatic heterocycles.